The molecule has 0 radical (unpaired) electrons. The summed E-state index contributed by atoms with van der Waals surface area (Å²) in [7, 11) is 1.66. The summed E-state index contributed by atoms with van der Waals surface area (Å²) in [4.78, 5) is 0. The van der Waals surface area contributed by atoms with Crippen molar-refractivity contribution in [3.63, 3.8) is 0 Å². The second kappa shape index (κ2) is 9.65. The number of methoxy groups -OCH3 is 1. The van der Waals surface area contributed by atoms with Crippen LogP contribution in [0.25, 0.3) is 0 Å². The van der Waals surface area contributed by atoms with Crippen molar-refractivity contribution >= 4 is 0 Å². The third-order valence-electron chi connectivity index (χ3n) is 3.47. The first-order valence-electron chi connectivity index (χ1n) is 7.75. The summed E-state index contributed by atoms with van der Waals surface area (Å²) >= 11 is 0. The van der Waals surface area contributed by atoms with E-state index >= 15 is 0 Å². The highest BCUT2D eigenvalue weighted by molar-refractivity contribution is 5.43. The van der Waals surface area contributed by atoms with Gasteiger partial charge in [0.15, 0.2) is 11.5 Å². The van der Waals surface area contributed by atoms with Crippen LogP contribution in [0.15, 0.2) is 18.2 Å². The molecule has 1 rings (SSSR count). The molecule has 0 aliphatic heterocycles. The maximum Gasteiger partial charge on any atom is 0.161 e. The first-order chi connectivity index (χ1) is 9.69. The van der Waals surface area contributed by atoms with E-state index in [1.807, 2.05) is 25.1 Å². The van der Waals surface area contributed by atoms with Crippen molar-refractivity contribution in [1.29, 1.82) is 0 Å². The van der Waals surface area contributed by atoms with Gasteiger partial charge in [0.25, 0.3) is 0 Å². The van der Waals surface area contributed by atoms with E-state index in [0.29, 0.717) is 0 Å². The maximum absolute atomic E-state index is 5.87. The predicted octanol–water partition coefficient (Wildman–Crippen LogP) is 4.45. The van der Waals surface area contributed by atoms with Gasteiger partial charge in [-0.25, -0.2) is 0 Å². The summed E-state index contributed by atoms with van der Waals surface area (Å²) < 4.78 is 11.2. The topological polar surface area (TPSA) is 44.5 Å². The number of nitrogens with two attached hydrogens (primary N) is 1. The minimum atomic E-state index is 0.0107. The van der Waals surface area contributed by atoms with Gasteiger partial charge in [0, 0.05) is 6.04 Å². The van der Waals surface area contributed by atoms with Crippen LogP contribution in [0.1, 0.15) is 64.0 Å². The average Bonchev–Trinajstić information content (AvgIpc) is 2.46. The lowest BCUT2D eigenvalue weighted by Crippen LogP contribution is -2.06. The second-order valence-electron chi connectivity index (χ2n) is 5.32. The van der Waals surface area contributed by atoms with Crippen LogP contribution < -0.4 is 15.2 Å². The third-order valence-corrected chi connectivity index (χ3v) is 3.47. The molecule has 3 nitrogen and oxygen atoms in total. The lowest BCUT2D eigenvalue weighted by atomic mass is 10.1. The zero-order chi connectivity index (χ0) is 14.8. The molecule has 20 heavy (non-hydrogen) atoms. The van der Waals surface area contributed by atoms with Crippen molar-refractivity contribution < 1.29 is 9.47 Å². The van der Waals surface area contributed by atoms with E-state index in [0.717, 1.165) is 30.1 Å². The minimum Gasteiger partial charge on any atom is -0.493 e. The van der Waals surface area contributed by atoms with E-state index < -0.39 is 0 Å². The van der Waals surface area contributed by atoms with Gasteiger partial charge in [-0.1, -0.05) is 45.1 Å². The molecule has 1 atom stereocenters. The van der Waals surface area contributed by atoms with Crippen molar-refractivity contribution in [3.05, 3.63) is 23.8 Å². The van der Waals surface area contributed by atoms with Crippen molar-refractivity contribution in [1.82, 2.24) is 0 Å². The first kappa shape index (κ1) is 16.8. The molecule has 114 valence electrons. The molecule has 0 saturated heterocycles. The molecule has 0 saturated carbocycles. The van der Waals surface area contributed by atoms with E-state index in [4.69, 9.17) is 15.2 Å². The van der Waals surface area contributed by atoms with Crippen molar-refractivity contribution in [3.8, 4) is 11.5 Å². The van der Waals surface area contributed by atoms with Gasteiger partial charge in [-0.3, -0.25) is 0 Å². The van der Waals surface area contributed by atoms with Crippen LogP contribution in [0.3, 0.4) is 0 Å². The summed E-state index contributed by atoms with van der Waals surface area (Å²) in [5.74, 6) is 1.58. The summed E-state index contributed by atoms with van der Waals surface area (Å²) in [5.41, 5.74) is 6.93. The predicted molar refractivity (Wildman–Crippen MR) is 84.5 cm³/mol. The molecule has 0 aromatic heterocycles. The van der Waals surface area contributed by atoms with Crippen molar-refractivity contribution in [2.75, 3.05) is 13.7 Å². The molecule has 0 amide bonds. The lowest BCUT2D eigenvalue weighted by Gasteiger charge is -2.13. The van der Waals surface area contributed by atoms with E-state index in [1.54, 1.807) is 7.11 Å². The highest BCUT2D eigenvalue weighted by Gasteiger charge is 2.07. The Morgan fingerprint density at radius 1 is 1.05 bits per heavy atom. The zero-order valence-electron chi connectivity index (χ0n) is 13.2. The van der Waals surface area contributed by atoms with Crippen molar-refractivity contribution in [2.45, 2.75) is 58.4 Å². The molecule has 0 aliphatic carbocycles. The van der Waals surface area contributed by atoms with Gasteiger partial charge in [-0.05, 0) is 31.0 Å². The van der Waals surface area contributed by atoms with E-state index in [9.17, 15) is 0 Å². The van der Waals surface area contributed by atoms with E-state index in [-0.39, 0.29) is 6.04 Å². The highest BCUT2D eigenvalue weighted by atomic mass is 16.5. The molecular weight excluding hydrogens is 250 g/mol. The summed E-state index contributed by atoms with van der Waals surface area (Å²) in [5, 5.41) is 0. The van der Waals surface area contributed by atoms with Gasteiger partial charge < -0.3 is 15.2 Å². The van der Waals surface area contributed by atoms with Crippen molar-refractivity contribution in [2.24, 2.45) is 5.73 Å². The Kier molecular flexibility index (Phi) is 8.12. The Labute approximate surface area is 123 Å². The van der Waals surface area contributed by atoms with Gasteiger partial charge in [-0.2, -0.15) is 0 Å². The number of hydrogen-bond acceptors (Lipinski definition) is 3. The molecule has 1 aromatic carbocycles. The fourth-order valence-electron chi connectivity index (χ4n) is 2.15. The standard InChI is InChI=1S/C17H29NO2/c1-4-5-6-7-8-9-12-20-16-11-10-15(14(2)18)13-17(16)19-3/h10-11,13-14H,4-9,12,18H2,1-3H3/t14-/m1/s1. The fraction of sp³-hybridized carbons (Fsp3) is 0.647. The molecule has 3 heteroatoms. The fourth-order valence-corrected chi connectivity index (χ4v) is 2.15. The monoisotopic (exact) mass is 279 g/mol. The molecule has 0 fully saturated rings. The Balaban J connectivity index is 2.36. The van der Waals surface area contributed by atoms with Gasteiger partial charge in [0.2, 0.25) is 0 Å². The lowest BCUT2D eigenvalue weighted by molar-refractivity contribution is 0.284. The van der Waals surface area contributed by atoms with Crippen LogP contribution in [0, 0.1) is 0 Å². The second-order valence-corrected chi connectivity index (χ2v) is 5.32. The van der Waals surface area contributed by atoms with E-state index in [2.05, 4.69) is 6.92 Å². The summed E-state index contributed by atoms with van der Waals surface area (Å²) in [6.45, 7) is 4.95. The first-order valence-corrected chi connectivity index (χ1v) is 7.75. The molecule has 0 aliphatic rings. The van der Waals surface area contributed by atoms with Gasteiger partial charge in [0.1, 0.15) is 0 Å². The number of ether oxygens (including phenoxy) is 2. The van der Waals surface area contributed by atoms with Gasteiger partial charge in [0.05, 0.1) is 13.7 Å². The third kappa shape index (κ3) is 5.83. The Hall–Kier alpha value is -1.22. The SMILES string of the molecule is CCCCCCCCOc1ccc([C@@H](C)N)cc1OC. The summed E-state index contributed by atoms with van der Waals surface area (Å²) in [6, 6.07) is 5.93. The number of rotatable bonds is 10. The Morgan fingerprint density at radius 3 is 2.40 bits per heavy atom. The molecular formula is C17H29NO2. The van der Waals surface area contributed by atoms with Crippen LogP contribution in [-0.2, 0) is 0 Å². The number of hydrogen-bond donors (Lipinski definition) is 1. The van der Waals surface area contributed by atoms with Crippen LogP contribution in [0.5, 0.6) is 11.5 Å². The maximum atomic E-state index is 5.87. The van der Waals surface area contributed by atoms with Crippen LogP contribution in [0.4, 0.5) is 0 Å². The van der Waals surface area contributed by atoms with Crippen LogP contribution in [-0.4, -0.2) is 13.7 Å². The summed E-state index contributed by atoms with van der Waals surface area (Å²) in [6.07, 6.45) is 7.61. The molecule has 1 aromatic rings. The number of benzene rings is 1. The Bertz CT molecular complexity index is 377. The smallest absolute Gasteiger partial charge is 0.161 e. The molecule has 2 N–H and O–H groups in total. The number of unbranched alkanes of at least 4 members (excludes halogenated alkanes) is 5. The van der Waals surface area contributed by atoms with Crippen LogP contribution in [0.2, 0.25) is 0 Å². The quantitative estimate of drug-likeness (QED) is 0.643. The highest BCUT2D eigenvalue weighted by Crippen LogP contribution is 2.29. The molecule has 0 bridgehead atoms. The molecule has 0 unspecified atom stereocenters. The average molecular weight is 279 g/mol. The van der Waals surface area contributed by atoms with Gasteiger partial charge >= 0.3 is 0 Å². The Morgan fingerprint density at radius 2 is 1.75 bits per heavy atom. The normalized spacial score (nSPS) is 12.2. The van der Waals surface area contributed by atoms with E-state index in [1.165, 1.54) is 32.1 Å². The largest absolute Gasteiger partial charge is 0.493 e. The minimum absolute atomic E-state index is 0.0107. The van der Waals surface area contributed by atoms with Crippen LogP contribution >= 0.6 is 0 Å². The molecule has 0 spiro atoms. The molecule has 0 heterocycles. The van der Waals surface area contributed by atoms with Gasteiger partial charge in [-0.15, -0.1) is 0 Å². The zero-order valence-corrected chi connectivity index (χ0v) is 13.2.